The first-order valence-electron chi connectivity index (χ1n) is 6.01. The molecule has 3 aromatic rings. The molecule has 1 heterocycles. The molecule has 0 bridgehead atoms. The smallest absolute Gasteiger partial charge is 0.307 e. The van der Waals surface area contributed by atoms with E-state index in [4.69, 9.17) is 9.52 Å². The Morgan fingerprint density at radius 3 is 2.74 bits per heavy atom. The van der Waals surface area contributed by atoms with Crippen molar-refractivity contribution >= 4 is 16.9 Å². The number of hydrogen-bond acceptors (Lipinski definition) is 2. The van der Waals surface area contributed by atoms with E-state index in [0.29, 0.717) is 0 Å². The van der Waals surface area contributed by atoms with Crippen LogP contribution in [0, 0.1) is 0 Å². The van der Waals surface area contributed by atoms with Crippen LogP contribution in [0.4, 0.5) is 0 Å². The van der Waals surface area contributed by atoms with Crippen molar-refractivity contribution in [3.63, 3.8) is 0 Å². The van der Waals surface area contributed by atoms with Gasteiger partial charge in [0.1, 0.15) is 5.58 Å². The third-order valence-corrected chi connectivity index (χ3v) is 3.07. The van der Waals surface area contributed by atoms with Gasteiger partial charge in [0, 0.05) is 5.39 Å². The molecule has 94 valence electrons. The first kappa shape index (κ1) is 11.5. The number of fused-ring (bicyclic) bond motifs is 1. The first-order valence-corrected chi connectivity index (χ1v) is 6.01. The van der Waals surface area contributed by atoms with Crippen molar-refractivity contribution < 1.29 is 14.3 Å². The van der Waals surface area contributed by atoms with E-state index in [1.807, 2.05) is 48.5 Å². The zero-order chi connectivity index (χ0) is 13.2. The molecule has 0 fully saturated rings. The molecule has 0 spiro atoms. The fraction of sp³-hybridized carbons (Fsp3) is 0.0625. The Balaban J connectivity index is 2.02. The minimum Gasteiger partial charge on any atom is -0.481 e. The molecule has 1 N–H and O–H groups in total. The molecule has 0 saturated heterocycles. The molecule has 3 nitrogen and oxygen atoms in total. The number of furan rings is 1. The number of hydrogen-bond donors (Lipinski definition) is 1. The predicted molar refractivity (Wildman–Crippen MR) is 73.0 cm³/mol. The molecule has 19 heavy (non-hydrogen) atoms. The minimum absolute atomic E-state index is 0.0434. The number of benzene rings is 2. The van der Waals surface area contributed by atoms with Crippen molar-refractivity contribution in [2.24, 2.45) is 0 Å². The average Bonchev–Trinajstić information content (AvgIpc) is 2.85. The summed E-state index contributed by atoms with van der Waals surface area (Å²) in [5.41, 5.74) is 3.73. The fourth-order valence-corrected chi connectivity index (χ4v) is 2.18. The second-order valence-electron chi connectivity index (χ2n) is 4.44. The Bertz CT molecular complexity index is 740. The maximum atomic E-state index is 10.7. The molecule has 3 rings (SSSR count). The molecule has 1 aromatic heterocycles. The average molecular weight is 252 g/mol. The molecular formula is C16H12O3. The van der Waals surface area contributed by atoms with Crippen LogP contribution in [0.3, 0.4) is 0 Å². The van der Waals surface area contributed by atoms with Crippen LogP contribution in [-0.2, 0) is 11.2 Å². The Morgan fingerprint density at radius 2 is 1.89 bits per heavy atom. The number of rotatable bonds is 3. The normalized spacial score (nSPS) is 10.7. The van der Waals surface area contributed by atoms with Crippen LogP contribution < -0.4 is 0 Å². The molecule has 0 atom stereocenters. The highest BCUT2D eigenvalue weighted by Crippen LogP contribution is 2.25. The van der Waals surface area contributed by atoms with E-state index >= 15 is 0 Å². The zero-order valence-electron chi connectivity index (χ0n) is 10.2. The summed E-state index contributed by atoms with van der Waals surface area (Å²) in [6, 6.07) is 15.5. The Morgan fingerprint density at radius 1 is 1.05 bits per heavy atom. The van der Waals surface area contributed by atoms with Gasteiger partial charge in [-0.3, -0.25) is 4.79 Å². The third kappa shape index (κ3) is 2.36. The Kier molecular flexibility index (Phi) is 2.80. The fourth-order valence-electron chi connectivity index (χ4n) is 2.18. The monoisotopic (exact) mass is 252 g/mol. The quantitative estimate of drug-likeness (QED) is 0.772. The molecule has 0 unspecified atom stereocenters. The van der Waals surface area contributed by atoms with Crippen LogP contribution >= 0.6 is 0 Å². The number of carboxylic acid groups (broad SMARTS) is 1. The zero-order valence-corrected chi connectivity index (χ0v) is 10.2. The highest BCUT2D eigenvalue weighted by molar-refractivity contribution is 5.83. The molecule has 0 saturated carbocycles. The van der Waals surface area contributed by atoms with Crippen molar-refractivity contribution in [1.29, 1.82) is 0 Å². The number of carbonyl (C=O) groups is 1. The van der Waals surface area contributed by atoms with Gasteiger partial charge in [-0.2, -0.15) is 0 Å². The lowest BCUT2D eigenvalue weighted by Gasteiger charge is -2.04. The van der Waals surface area contributed by atoms with Gasteiger partial charge in [-0.1, -0.05) is 30.3 Å². The standard InChI is InChI=1S/C16H12O3/c17-16(18)9-11-2-1-3-12(8-11)13-4-5-15-14(10-13)6-7-19-15/h1-8,10H,9H2,(H,17,18). The van der Waals surface area contributed by atoms with Gasteiger partial charge >= 0.3 is 5.97 Å². The molecule has 3 heteroatoms. The van der Waals surface area contributed by atoms with Gasteiger partial charge in [-0.25, -0.2) is 0 Å². The SMILES string of the molecule is O=C(O)Cc1cccc(-c2ccc3occc3c2)c1. The summed E-state index contributed by atoms with van der Waals surface area (Å²) in [5.74, 6) is -0.817. The molecule has 2 aromatic carbocycles. The van der Waals surface area contributed by atoms with Gasteiger partial charge in [0.25, 0.3) is 0 Å². The maximum Gasteiger partial charge on any atom is 0.307 e. The van der Waals surface area contributed by atoms with Crippen molar-refractivity contribution in [2.45, 2.75) is 6.42 Å². The highest BCUT2D eigenvalue weighted by atomic mass is 16.4. The summed E-state index contributed by atoms with van der Waals surface area (Å²) in [7, 11) is 0. The van der Waals surface area contributed by atoms with Crippen LogP contribution in [0.15, 0.2) is 59.2 Å². The van der Waals surface area contributed by atoms with E-state index in [9.17, 15) is 4.79 Å². The van der Waals surface area contributed by atoms with Crippen molar-refractivity contribution in [3.05, 3.63) is 60.4 Å². The van der Waals surface area contributed by atoms with Gasteiger partial charge in [-0.05, 0) is 34.9 Å². The van der Waals surface area contributed by atoms with E-state index in [0.717, 1.165) is 27.7 Å². The lowest BCUT2D eigenvalue weighted by molar-refractivity contribution is -0.136. The summed E-state index contributed by atoms with van der Waals surface area (Å²) < 4.78 is 5.31. The second-order valence-corrected chi connectivity index (χ2v) is 4.44. The van der Waals surface area contributed by atoms with Gasteiger partial charge in [0.05, 0.1) is 12.7 Å². The van der Waals surface area contributed by atoms with Crippen LogP contribution in [0.5, 0.6) is 0 Å². The van der Waals surface area contributed by atoms with Crippen LogP contribution in [0.1, 0.15) is 5.56 Å². The highest BCUT2D eigenvalue weighted by Gasteiger charge is 2.04. The Labute approximate surface area is 110 Å². The molecule has 0 aliphatic rings. The van der Waals surface area contributed by atoms with E-state index in [2.05, 4.69) is 0 Å². The Hall–Kier alpha value is -2.55. The summed E-state index contributed by atoms with van der Waals surface area (Å²) in [6.07, 6.45) is 1.71. The lowest BCUT2D eigenvalue weighted by Crippen LogP contribution is -1.99. The van der Waals surface area contributed by atoms with Crippen LogP contribution in [0.25, 0.3) is 22.1 Å². The third-order valence-electron chi connectivity index (χ3n) is 3.07. The van der Waals surface area contributed by atoms with Gasteiger partial charge in [0.15, 0.2) is 0 Å². The summed E-state index contributed by atoms with van der Waals surface area (Å²) in [5, 5.41) is 9.87. The number of aliphatic carboxylic acids is 1. The van der Waals surface area contributed by atoms with E-state index < -0.39 is 5.97 Å². The topological polar surface area (TPSA) is 50.4 Å². The summed E-state index contributed by atoms with van der Waals surface area (Å²) in [4.78, 5) is 10.7. The summed E-state index contributed by atoms with van der Waals surface area (Å²) >= 11 is 0. The predicted octanol–water partition coefficient (Wildman–Crippen LogP) is 3.73. The van der Waals surface area contributed by atoms with Gasteiger partial charge < -0.3 is 9.52 Å². The second kappa shape index (κ2) is 4.61. The van der Waals surface area contributed by atoms with Crippen molar-refractivity contribution in [3.8, 4) is 11.1 Å². The lowest BCUT2D eigenvalue weighted by atomic mass is 10.0. The summed E-state index contributed by atoms with van der Waals surface area (Å²) in [6.45, 7) is 0. The first-order chi connectivity index (χ1) is 9.22. The van der Waals surface area contributed by atoms with Crippen molar-refractivity contribution in [2.75, 3.05) is 0 Å². The maximum absolute atomic E-state index is 10.7. The molecule has 0 amide bonds. The number of carboxylic acids is 1. The van der Waals surface area contributed by atoms with E-state index in [-0.39, 0.29) is 6.42 Å². The molecule has 0 aliphatic carbocycles. The van der Waals surface area contributed by atoms with E-state index in [1.54, 1.807) is 6.26 Å². The van der Waals surface area contributed by atoms with Crippen LogP contribution in [0.2, 0.25) is 0 Å². The van der Waals surface area contributed by atoms with Gasteiger partial charge in [-0.15, -0.1) is 0 Å². The van der Waals surface area contributed by atoms with Gasteiger partial charge in [0.2, 0.25) is 0 Å². The largest absolute Gasteiger partial charge is 0.481 e. The van der Waals surface area contributed by atoms with E-state index in [1.165, 1.54) is 0 Å². The molecule has 0 radical (unpaired) electrons. The molecule has 0 aliphatic heterocycles. The minimum atomic E-state index is -0.817. The van der Waals surface area contributed by atoms with Crippen molar-refractivity contribution in [1.82, 2.24) is 0 Å². The van der Waals surface area contributed by atoms with Crippen LogP contribution in [-0.4, -0.2) is 11.1 Å². The molecular weight excluding hydrogens is 240 g/mol.